The molecule has 0 aliphatic heterocycles. The van der Waals surface area contributed by atoms with Gasteiger partial charge in [0.1, 0.15) is 0 Å². The second kappa shape index (κ2) is 6.36. The van der Waals surface area contributed by atoms with Gasteiger partial charge >= 0.3 is 12.1 Å². The second-order valence-electron chi connectivity index (χ2n) is 3.91. The molecule has 6 heteroatoms. The van der Waals surface area contributed by atoms with E-state index < -0.39 is 23.5 Å². The van der Waals surface area contributed by atoms with Crippen LogP contribution in [-0.2, 0) is 20.5 Å². The lowest BCUT2D eigenvalue weighted by Crippen LogP contribution is -2.12. The molecule has 0 aromatic heterocycles. The van der Waals surface area contributed by atoms with Crippen molar-refractivity contribution in [2.24, 2.45) is 0 Å². The van der Waals surface area contributed by atoms with Crippen molar-refractivity contribution < 1.29 is 27.5 Å². The summed E-state index contributed by atoms with van der Waals surface area (Å²) in [7, 11) is 0. The molecule has 20 heavy (non-hydrogen) atoms. The molecule has 0 fully saturated rings. The monoisotopic (exact) mass is 286 g/mol. The normalized spacial score (nSPS) is 12.2. The van der Waals surface area contributed by atoms with Crippen molar-refractivity contribution in [1.82, 2.24) is 0 Å². The zero-order chi connectivity index (χ0) is 15.3. The standard InChI is InChI=1S/C14H13F3O3/c1-3-20-13(19)8-11(9(2)18)10-6-4-5-7-12(10)14(15,16)17/h4-8H,3H2,1-2H3. The third kappa shape index (κ3) is 3.94. The summed E-state index contributed by atoms with van der Waals surface area (Å²) >= 11 is 0. The van der Waals surface area contributed by atoms with Crippen LogP contribution in [-0.4, -0.2) is 18.4 Å². The van der Waals surface area contributed by atoms with Gasteiger partial charge in [0.2, 0.25) is 0 Å². The summed E-state index contributed by atoms with van der Waals surface area (Å²) in [5.74, 6) is -1.50. The van der Waals surface area contributed by atoms with E-state index in [-0.39, 0.29) is 17.7 Å². The molecule has 1 rings (SSSR count). The van der Waals surface area contributed by atoms with E-state index in [4.69, 9.17) is 0 Å². The first-order valence-electron chi connectivity index (χ1n) is 5.83. The number of rotatable bonds is 4. The van der Waals surface area contributed by atoms with E-state index in [9.17, 15) is 22.8 Å². The maximum atomic E-state index is 12.9. The Balaban J connectivity index is 3.38. The summed E-state index contributed by atoms with van der Waals surface area (Å²) < 4.78 is 43.3. The first-order chi connectivity index (χ1) is 9.27. The van der Waals surface area contributed by atoms with Gasteiger partial charge in [-0.3, -0.25) is 4.79 Å². The number of benzene rings is 1. The van der Waals surface area contributed by atoms with E-state index in [1.54, 1.807) is 6.92 Å². The Labute approximate surface area is 114 Å². The first-order valence-corrected chi connectivity index (χ1v) is 5.83. The van der Waals surface area contributed by atoms with Gasteiger partial charge in [0, 0.05) is 11.6 Å². The fraction of sp³-hybridized carbons (Fsp3) is 0.286. The average molecular weight is 286 g/mol. The van der Waals surface area contributed by atoms with E-state index >= 15 is 0 Å². The Morgan fingerprint density at radius 1 is 1.25 bits per heavy atom. The third-order valence-corrected chi connectivity index (χ3v) is 2.45. The van der Waals surface area contributed by atoms with Crippen molar-refractivity contribution in [1.29, 1.82) is 0 Å². The smallest absolute Gasteiger partial charge is 0.417 e. The van der Waals surface area contributed by atoms with Gasteiger partial charge in [-0.2, -0.15) is 13.2 Å². The Bertz CT molecular complexity index is 545. The Hall–Kier alpha value is -2.11. The minimum Gasteiger partial charge on any atom is -0.463 e. The number of carbonyl (C=O) groups is 2. The predicted octanol–water partition coefficient (Wildman–Crippen LogP) is 3.24. The van der Waals surface area contributed by atoms with Gasteiger partial charge in [0.25, 0.3) is 0 Å². The summed E-state index contributed by atoms with van der Waals surface area (Å²) in [6, 6.07) is 4.59. The second-order valence-corrected chi connectivity index (χ2v) is 3.91. The van der Waals surface area contributed by atoms with Crippen LogP contribution in [0.25, 0.3) is 5.57 Å². The quantitative estimate of drug-likeness (QED) is 0.630. The summed E-state index contributed by atoms with van der Waals surface area (Å²) in [5.41, 5.74) is -1.62. The minimum absolute atomic E-state index is 0.0709. The summed E-state index contributed by atoms with van der Waals surface area (Å²) in [6.07, 6.45) is -3.82. The van der Waals surface area contributed by atoms with Gasteiger partial charge in [-0.05, 0) is 25.5 Å². The molecule has 108 valence electrons. The van der Waals surface area contributed by atoms with Crippen LogP contribution in [0.5, 0.6) is 0 Å². The van der Waals surface area contributed by atoms with Gasteiger partial charge in [-0.25, -0.2) is 4.79 Å². The Morgan fingerprint density at radius 3 is 2.35 bits per heavy atom. The molecule has 0 N–H and O–H groups in total. The van der Waals surface area contributed by atoms with Crippen LogP contribution >= 0.6 is 0 Å². The molecule has 0 unspecified atom stereocenters. The molecule has 0 aliphatic rings. The maximum absolute atomic E-state index is 12.9. The van der Waals surface area contributed by atoms with Crippen molar-refractivity contribution in [3.8, 4) is 0 Å². The molecular weight excluding hydrogens is 273 g/mol. The number of Topliss-reactive ketones (excluding diaryl/α,β-unsaturated/α-hetero) is 1. The molecule has 3 nitrogen and oxygen atoms in total. The number of hydrogen-bond acceptors (Lipinski definition) is 3. The molecular formula is C14H13F3O3. The lowest BCUT2D eigenvalue weighted by molar-refractivity contribution is -0.138. The van der Waals surface area contributed by atoms with Gasteiger partial charge in [0.05, 0.1) is 12.2 Å². The molecule has 0 saturated heterocycles. The zero-order valence-corrected chi connectivity index (χ0v) is 11.0. The topological polar surface area (TPSA) is 43.4 Å². The number of alkyl halides is 3. The number of allylic oxidation sites excluding steroid dienone is 1. The van der Waals surface area contributed by atoms with Gasteiger partial charge in [0.15, 0.2) is 5.78 Å². The highest BCUT2D eigenvalue weighted by atomic mass is 19.4. The van der Waals surface area contributed by atoms with Crippen molar-refractivity contribution in [2.75, 3.05) is 6.61 Å². The molecule has 0 spiro atoms. The minimum atomic E-state index is -4.61. The molecule has 0 atom stereocenters. The van der Waals surface area contributed by atoms with Gasteiger partial charge < -0.3 is 4.74 Å². The molecule has 1 aromatic rings. The molecule has 0 aliphatic carbocycles. The van der Waals surface area contributed by atoms with E-state index in [0.717, 1.165) is 25.1 Å². The number of carbonyl (C=O) groups excluding carboxylic acids is 2. The molecule has 0 heterocycles. The van der Waals surface area contributed by atoms with Crippen molar-refractivity contribution in [3.05, 3.63) is 41.5 Å². The fourth-order valence-electron chi connectivity index (χ4n) is 1.64. The zero-order valence-electron chi connectivity index (χ0n) is 11.0. The largest absolute Gasteiger partial charge is 0.463 e. The van der Waals surface area contributed by atoms with Crippen LogP contribution in [0.3, 0.4) is 0 Å². The highest BCUT2D eigenvalue weighted by Gasteiger charge is 2.34. The number of ketones is 1. The summed E-state index contributed by atoms with van der Waals surface area (Å²) in [4.78, 5) is 22.9. The van der Waals surface area contributed by atoms with Gasteiger partial charge in [-0.15, -0.1) is 0 Å². The van der Waals surface area contributed by atoms with E-state index in [2.05, 4.69) is 4.74 Å². The highest BCUT2D eigenvalue weighted by molar-refractivity contribution is 6.23. The Morgan fingerprint density at radius 2 is 1.85 bits per heavy atom. The number of halogens is 3. The average Bonchev–Trinajstić information content (AvgIpc) is 2.35. The molecule has 0 radical (unpaired) electrons. The van der Waals surface area contributed by atoms with Gasteiger partial charge in [-0.1, -0.05) is 18.2 Å². The number of esters is 1. The van der Waals surface area contributed by atoms with Crippen LogP contribution < -0.4 is 0 Å². The fourth-order valence-corrected chi connectivity index (χ4v) is 1.64. The van der Waals surface area contributed by atoms with E-state index in [1.165, 1.54) is 12.1 Å². The maximum Gasteiger partial charge on any atom is 0.417 e. The molecule has 1 aromatic carbocycles. The SMILES string of the molecule is CCOC(=O)C=C(C(C)=O)c1ccccc1C(F)(F)F. The lowest BCUT2D eigenvalue weighted by Gasteiger charge is -2.13. The summed E-state index contributed by atoms with van der Waals surface area (Å²) in [5, 5.41) is 0. The van der Waals surface area contributed by atoms with Crippen LogP contribution in [0, 0.1) is 0 Å². The van der Waals surface area contributed by atoms with E-state index in [1.807, 2.05) is 0 Å². The highest BCUT2D eigenvalue weighted by Crippen LogP contribution is 2.35. The molecule has 0 amide bonds. The lowest BCUT2D eigenvalue weighted by atomic mass is 9.96. The molecule has 0 bridgehead atoms. The van der Waals surface area contributed by atoms with Crippen LogP contribution in [0.15, 0.2) is 30.3 Å². The van der Waals surface area contributed by atoms with Crippen LogP contribution in [0.1, 0.15) is 25.0 Å². The first kappa shape index (κ1) is 15.9. The van der Waals surface area contributed by atoms with Crippen LogP contribution in [0.4, 0.5) is 13.2 Å². The number of hydrogen-bond donors (Lipinski definition) is 0. The third-order valence-electron chi connectivity index (χ3n) is 2.45. The number of ether oxygens (including phenoxy) is 1. The van der Waals surface area contributed by atoms with Crippen LogP contribution in [0.2, 0.25) is 0 Å². The predicted molar refractivity (Wildman–Crippen MR) is 66.7 cm³/mol. The molecule has 0 saturated carbocycles. The van der Waals surface area contributed by atoms with Crippen molar-refractivity contribution in [2.45, 2.75) is 20.0 Å². The van der Waals surface area contributed by atoms with Crippen molar-refractivity contribution in [3.63, 3.8) is 0 Å². The van der Waals surface area contributed by atoms with Crippen molar-refractivity contribution >= 4 is 17.3 Å². The Kier molecular flexibility index (Phi) is 5.07. The van der Waals surface area contributed by atoms with E-state index in [0.29, 0.717) is 0 Å². The summed E-state index contributed by atoms with van der Waals surface area (Å²) in [6.45, 7) is 2.72.